The Hall–Kier alpha value is -3.27. The highest BCUT2D eigenvalue weighted by molar-refractivity contribution is 6.00. The zero-order valence-electron chi connectivity index (χ0n) is 18.3. The second kappa shape index (κ2) is 9.30. The van der Waals surface area contributed by atoms with Crippen LogP contribution in [0.15, 0.2) is 36.7 Å². The molecule has 0 saturated carbocycles. The van der Waals surface area contributed by atoms with E-state index in [1.165, 1.54) is 19.8 Å². The maximum absolute atomic E-state index is 12.6. The van der Waals surface area contributed by atoms with Crippen LogP contribution in [-0.2, 0) is 0 Å². The van der Waals surface area contributed by atoms with Crippen LogP contribution >= 0.6 is 0 Å². The number of piperidine rings is 1. The molecule has 33 heavy (non-hydrogen) atoms. The number of imidazole rings is 1. The van der Waals surface area contributed by atoms with Crippen LogP contribution in [0.4, 0.5) is 13.2 Å². The number of nitrogens with one attached hydrogen (secondary N) is 2. The minimum Gasteiger partial charge on any atom is -0.496 e. The largest absolute Gasteiger partial charge is 0.496 e. The highest BCUT2D eigenvalue weighted by Gasteiger charge is 2.30. The molecule has 1 aliphatic rings. The number of alkyl halides is 3. The average Bonchev–Trinajstić information content (AvgIpc) is 3.25. The van der Waals surface area contributed by atoms with Crippen molar-refractivity contribution in [2.24, 2.45) is 0 Å². The van der Waals surface area contributed by atoms with Crippen molar-refractivity contribution in [3.8, 4) is 17.2 Å². The van der Waals surface area contributed by atoms with Crippen LogP contribution in [0.3, 0.4) is 0 Å². The summed E-state index contributed by atoms with van der Waals surface area (Å²) in [5, 5.41) is 5.28. The molecule has 1 unspecified atom stereocenters. The molecule has 1 aromatic heterocycles. The number of fused-ring (bicyclic) bond motifs is 1. The molecule has 0 bridgehead atoms. The first-order valence-electron chi connectivity index (χ1n) is 10.6. The summed E-state index contributed by atoms with van der Waals surface area (Å²) in [5.41, 5.74) is 3.39. The van der Waals surface area contributed by atoms with Crippen molar-refractivity contribution >= 4 is 16.9 Å². The normalized spacial score (nSPS) is 16.6. The molecule has 1 fully saturated rings. The van der Waals surface area contributed by atoms with Gasteiger partial charge in [-0.05, 0) is 43.0 Å². The van der Waals surface area contributed by atoms with E-state index in [0.29, 0.717) is 11.6 Å². The first-order chi connectivity index (χ1) is 15.8. The van der Waals surface area contributed by atoms with Crippen LogP contribution < -0.4 is 20.1 Å². The summed E-state index contributed by atoms with van der Waals surface area (Å²) in [6, 6.07) is 9.31. The van der Waals surface area contributed by atoms with E-state index >= 15 is 0 Å². The third-order valence-electron chi connectivity index (χ3n) is 5.78. The summed E-state index contributed by atoms with van der Waals surface area (Å²) < 4.78 is 50.1. The van der Waals surface area contributed by atoms with Gasteiger partial charge in [-0.1, -0.05) is 6.07 Å². The predicted octanol–water partition coefficient (Wildman–Crippen LogP) is 3.80. The Balaban J connectivity index is 1.69. The Morgan fingerprint density at radius 2 is 1.94 bits per heavy atom. The molecule has 10 heteroatoms. The predicted molar refractivity (Wildman–Crippen MR) is 117 cm³/mol. The number of hydrogen-bond acceptors (Lipinski definition) is 5. The summed E-state index contributed by atoms with van der Waals surface area (Å²) in [6.45, 7) is 0.532. The Kier molecular flexibility index (Phi) is 6.46. The zero-order chi connectivity index (χ0) is 23.6. The maximum Gasteiger partial charge on any atom is 0.405 e. The topological polar surface area (TPSA) is 77.4 Å². The quantitative estimate of drug-likeness (QED) is 0.583. The van der Waals surface area contributed by atoms with Crippen LogP contribution in [-0.4, -0.2) is 55.5 Å². The minimum absolute atomic E-state index is 0.0933. The third-order valence-corrected chi connectivity index (χ3v) is 5.78. The summed E-state index contributed by atoms with van der Waals surface area (Å²) in [5.74, 6) is -0.302. The summed E-state index contributed by atoms with van der Waals surface area (Å²) in [4.78, 5) is 17.0. The first-order valence-corrected chi connectivity index (χ1v) is 10.6. The number of aromatic nitrogens is 2. The molecular weight excluding hydrogens is 437 g/mol. The SMILES string of the molecule is COc1cc(-n2cnc3cc(C4CCCNC4)ccc32)cc(OC)c1C(=O)NCC(F)(F)F. The monoisotopic (exact) mass is 462 g/mol. The fourth-order valence-corrected chi connectivity index (χ4v) is 4.16. The highest BCUT2D eigenvalue weighted by atomic mass is 19.4. The molecule has 0 aliphatic carbocycles. The molecular formula is C23H25F3N4O3. The molecule has 1 saturated heterocycles. The number of amides is 1. The summed E-state index contributed by atoms with van der Waals surface area (Å²) in [6.07, 6.45) is -0.603. The molecule has 7 nitrogen and oxygen atoms in total. The number of benzene rings is 2. The van der Waals surface area contributed by atoms with Gasteiger partial charge in [0.25, 0.3) is 5.91 Å². The molecule has 0 radical (unpaired) electrons. The van der Waals surface area contributed by atoms with Gasteiger partial charge in [0.2, 0.25) is 0 Å². The number of carbonyl (C=O) groups excluding carboxylic acids is 1. The molecule has 0 spiro atoms. The fraction of sp³-hybridized carbons (Fsp3) is 0.391. The standard InChI is InChI=1S/C23H25F3N4O3/c1-32-19-9-16(10-20(33-2)21(19)22(31)28-12-23(24,25)26)30-13-29-17-8-14(5-6-18(17)30)15-4-3-7-27-11-15/h5-6,8-10,13,15,27H,3-4,7,11-12H2,1-2H3,(H,28,31). The van der Waals surface area contributed by atoms with Gasteiger partial charge in [0, 0.05) is 18.7 Å². The van der Waals surface area contributed by atoms with Crippen LogP contribution in [0, 0.1) is 0 Å². The van der Waals surface area contributed by atoms with Gasteiger partial charge in [-0.25, -0.2) is 4.98 Å². The van der Waals surface area contributed by atoms with Crippen molar-refractivity contribution in [2.75, 3.05) is 33.9 Å². The lowest BCUT2D eigenvalue weighted by atomic mass is 9.91. The Bertz CT molecular complexity index is 1130. The van der Waals surface area contributed by atoms with Crippen molar-refractivity contribution in [2.45, 2.75) is 24.9 Å². The number of halogens is 3. The minimum atomic E-state index is -4.53. The lowest BCUT2D eigenvalue weighted by Crippen LogP contribution is -2.34. The molecule has 1 amide bonds. The van der Waals surface area contributed by atoms with Gasteiger partial charge >= 0.3 is 6.18 Å². The van der Waals surface area contributed by atoms with E-state index in [1.54, 1.807) is 18.5 Å². The van der Waals surface area contributed by atoms with E-state index in [9.17, 15) is 18.0 Å². The van der Waals surface area contributed by atoms with Crippen LogP contribution in [0.25, 0.3) is 16.7 Å². The number of methoxy groups -OCH3 is 2. The maximum atomic E-state index is 12.6. The van der Waals surface area contributed by atoms with E-state index in [2.05, 4.69) is 22.4 Å². The smallest absolute Gasteiger partial charge is 0.405 e. The summed E-state index contributed by atoms with van der Waals surface area (Å²) in [7, 11) is 2.69. The average molecular weight is 462 g/mol. The van der Waals surface area contributed by atoms with Gasteiger partial charge in [-0.15, -0.1) is 0 Å². The second-order valence-corrected chi connectivity index (χ2v) is 7.93. The van der Waals surface area contributed by atoms with E-state index in [1.807, 2.05) is 16.0 Å². The van der Waals surface area contributed by atoms with Crippen LogP contribution in [0.2, 0.25) is 0 Å². The lowest BCUT2D eigenvalue weighted by molar-refractivity contribution is -0.123. The summed E-state index contributed by atoms with van der Waals surface area (Å²) >= 11 is 0. The number of hydrogen-bond donors (Lipinski definition) is 2. The van der Waals surface area contributed by atoms with E-state index in [0.717, 1.165) is 37.0 Å². The second-order valence-electron chi connectivity index (χ2n) is 7.93. The Labute approximate surface area is 188 Å². The molecule has 2 N–H and O–H groups in total. The number of carbonyl (C=O) groups is 1. The molecule has 2 heterocycles. The van der Waals surface area contributed by atoms with Crippen molar-refractivity contribution < 1.29 is 27.4 Å². The molecule has 4 rings (SSSR count). The van der Waals surface area contributed by atoms with Crippen LogP contribution in [0.1, 0.15) is 34.7 Å². The highest BCUT2D eigenvalue weighted by Crippen LogP contribution is 2.34. The molecule has 1 aliphatic heterocycles. The number of rotatable bonds is 6. The Morgan fingerprint density at radius 1 is 1.21 bits per heavy atom. The van der Waals surface area contributed by atoms with Gasteiger partial charge in [0.1, 0.15) is 29.9 Å². The zero-order valence-corrected chi connectivity index (χ0v) is 18.3. The van der Waals surface area contributed by atoms with Crippen molar-refractivity contribution in [1.82, 2.24) is 20.2 Å². The molecule has 1 atom stereocenters. The van der Waals surface area contributed by atoms with Gasteiger partial charge in [-0.2, -0.15) is 13.2 Å². The van der Waals surface area contributed by atoms with Crippen molar-refractivity contribution in [3.63, 3.8) is 0 Å². The van der Waals surface area contributed by atoms with Gasteiger partial charge < -0.3 is 20.1 Å². The first kappa shape index (κ1) is 22.9. The molecule has 2 aromatic carbocycles. The van der Waals surface area contributed by atoms with E-state index in [-0.39, 0.29) is 17.1 Å². The lowest BCUT2D eigenvalue weighted by Gasteiger charge is -2.23. The number of ether oxygens (including phenoxy) is 2. The van der Waals surface area contributed by atoms with Gasteiger partial charge in [-0.3, -0.25) is 9.36 Å². The third kappa shape index (κ3) is 4.90. The van der Waals surface area contributed by atoms with E-state index in [4.69, 9.17) is 9.47 Å². The number of nitrogens with zero attached hydrogens (tertiary/aromatic N) is 2. The van der Waals surface area contributed by atoms with Crippen molar-refractivity contribution in [3.05, 3.63) is 47.8 Å². The van der Waals surface area contributed by atoms with Crippen molar-refractivity contribution in [1.29, 1.82) is 0 Å². The van der Waals surface area contributed by atoms with Gasteiger partial charge in [0.15, 0.2) is 0 Å². The van der Waals surface area contributed by atoms with E-state index < -0.39 is 18.6 Å². The fourth-order valence-electron chi connectivity index (χ4n) is 4.16. The Morgan fingerprint density at radius 3 is 2.55 bits per heavy atom. The van der Waals surface area contributed by atoms with Gasteiger partial charge in [0.05, 0.1) is 30.9 Å². The molecule has 3 aromatic rings. The molecule has 176 valence electrons. The van der Waals surface area contributed by atoms with Crippen LogP contribution in [0.5, 0.6) is 11.5 Å².